The molecule has 0 aliphatic carbocycles. The molecular formula is C14H15ClF3N3O2S. The highest BCUT2D eigenvalue weighted by atomic mass is 35.5. The second-order valence-corrected chi connectivity index (χ2v) is 8.57. The van der Waals surface area contributed by atoms with Gasteiger partial charge in [-0.1, -0.05) is 11.6 Å². The smallest absolute Gasteiger partial charge is 0.325 e. The van der Waals surface area contributed by atoms with Gasteiger partial charge in [0.1, 0.15) is 5.52 Å². The second-order valence-electron chi connectivity index (χ2n) is 6.24. The summed E-state index contributed by atoms with van der Waals surface area (Å²) in [4.78, 5) is 8.00. The van der Waals surface area contributed by atoms with Crippen molar-refractivity contribution in [3.8, 4) is 0 Å². The molecule has 0 radical (unpaired) electrons. The first-order valence-corrected chi connectivity index (χ1v) is 9.02. The molecule has 0 spiro atoms. The summed E-state index contributed by atoms with van der Waals surface area (Å²) < 4.78 is 62.6. The molecule has 0 aliphatic heterocycles. The van der Waals surface area contributed by atoms with E-state index >= 15 is 0 Å². The van der Waals surface area contributed by atoms with Crippen LogP contribution in [0.15, 0.2) is 17.2 Å². The number of hydrogen-bond acceptors (Lipinski definition) is 5. The summed E-state index contributed by atoms with van der Waals surface area (Å²) in [5, 5.41) is -0.661. The molecule has 0 aliphatic rings. The fraction of sp³-hybridized carbons (Fsp3) is 0.429. The van der Waals surface area contributed by atoms with Gasteiger partial charge >= 0.3 is 6.18 Å². The molecule has 0 unspecified atom stereocenters. The van der Waals surface area contributed by atoms with E-state index in [9.17, 15) is 21.6 Å². The van der Waals surface area contributed by atoms with Crippen molar-refractivity contribution in [2.75, 3.05) is 6.26 Å². The second kappa shape index (κ2) is 5.82. The third-order valence-electron chi connectivity index (χ3n) is 3.06. The maximum atomic E-state index is 12.9. The van der Waals surface area contributed by atoms with Crippen LogP contribution in [0.1, 0.15) is 25.1 Å². The first-order valence-electron chi connectivity index (χ1n) is 6.75. The van der Waals surface area contributed by atoms with Crippen LogP contribution in [0.25, 0.3) is 11.0 Å². The predicted molar refractivity (Wildman–Crippen MR) is 84.6 cm³/mol. The summed E-state index contributed by atoms with van der Waals surface area (Å²) in [7, 11) is -3.76. The molecule has 2 N–H and O–H groups in total. The van der Waals surface area contributed by atoms with Crippen molar-refractivity contribution in [1.29, 1.82) is 0 Å². The van der Waals surface area contributed by atoms with E-state index in [0.717, 1.165) is 12.3 Å². The summed E-state index contributed by atoms with van der Waals surface area (Å²) in [6.07, 6.45) is -3.65. The lowest BCUT2D eigenvalue weighted by atomic mass is 10.0. The van der Waals surface area contributed by atoms with Crippen molar-refractivity contribution in [2.24, 2.45) is 5.73 Å². The standard InChI is InChI=1S/C14H15ClF3N3O2S/c1-13(2,19)6-10-12(24(3,22)23)21-11-8(15)4-7(14(16,17)18)5-9(11)20-10/h4-5H,6,19H2,1-3H3. The number of aromatic nitrogens is 2. The van der Waals surface area contributed by atoms with Crippen molar-refractivity contribution in [1.82, 2.24) is 9.97 Å². The highest BCUT2D eigenvalue weighted by molar-refractivity contribution is 7.90. The molecule has 2 aromatic rings. The minimum absolute atomic E-state index is 0.00731. The van der Waals surface area contributed by atoms with Crippen LogP contribution in [0.5, 0.6) is 0 Å². The van der Waals surface area contributed by atoms with Gasteiger partial charge in [-0.3, -0.25) is 0 Å². The molecule has 2 rings (SSSR count). The molecule has 1 aromatic heterocycles. The summed E-state index contributed by atoms with van der Waals surface area (Å²) in [5.41, 5.74) is 3.83. The van der Waals surface area contributed by atoms with Gasteiger partial charge in [0.25, 0.3) is 0 Å². The zero-order valence-corrected chi connectivity index (χ0v) is 14.6. The summed E-state index contributed by atoms with van der Waals surface area (Å²) in [5.74, 6) is 0. The molecule has 24 heavy (non-hydrogen) atoms. The Morgan fingerprint density at radius 3 is 2.25 bits per heavy atom. The predicted octanol–water partition coefficient (Wildman–Crippen LogP) is 2.99. The first kappa shape index (κ1) is 18.9. The molecule has 0 amide bonds. The molecule has 10 heteroatoms. The Hall–Kier alpha value is -1.45. The highest BCUT2D eigenvalue weighted by Crippen LogP contribution is 2.35. The maximum Gasteiger partial charge on any atom is 0.416 e. The molecule has 0 bridgehead atoms. The van der Waals surface area contributed by atoms with E-state index in [0.29, 0.717) is 6.07 Å². The minimum Gasteiger partial charge on any atom is -0.325 e. The Kier molecular flexibility index (Phi) is 4.58. The fourth-order valence-electron chi connectivity index (χ4n) is 2.15. The molecule has 0 atom stereocenters. The number of nitrogens with two attached hydrogens (primary N) is 1. The lowest BCUT2D eigenvalue weighted by Crippen LogP contribution is -2.35. The van der Waals surface area contributed by atoms with Gasteiger partial charge in [0, 0.05) is 18.2 Å². The number of nitrogens with zero attached hydrogens (tertiary/aromatic N) is 2. The molecular weight excluding hydrogens is 367 g/mol. The zero-order chi connectivity index (χ0) is 18.5. The van der Waals surface area contributed by atoms with E-state index < -0.39 is 27.1 Å². The number of alkyl halides is 3. The first-order chi connectivity index (χ1) is 10.7. The Morgan fingerprint density at radius 2 is 1.79 bits per heavy atom. The average Bonchev–Trinajstić information content (AvgIpc) is 2.33. The third kappa shape index (κ3) is 4.14. The zero-order valence-electron chi connectivity index (χ0n) is 13.1. The molecule has 0 fully saturated rings. The van der Waals surface area contributed by atoms with E-state index in [1.807, 2.05) is 0 Å². The Labute approximate surface area is 142 Å². The molecule has 0 saturated heterocycles. The number of benzene rings is 1. The van der Waals surface area contributed by atoms with Gasteiger partial charge in [0.15, 0.2) is 14.9 Å². The highest BCUT2D eigenvalue weighted by Gasteiger charge is 2.32. The van der Waals surface area contributed by atoms with Gasteiger partial charge in [0.05, 0.1) is 21.8 Å². The number of rotatable bonds is 3. The lowest BCUT2D eigenvalue weighted by molar-refractivity contribution is -0.137. The van der Waals surface area contributed by atoms with Crippen LogP contribution in [0.4, 0.5) is 13.2 Å². The summed E-state index contributed by atoms with van der Waals surface area (Å²) in [6, 6.07) is 1.48. The van der Waals surface area contributed by atoms with Crippen molar-refractivity contribution in [3.63, 3.8) is 0 Å². The van der Waals surface area contributed by atoms with Gasteiger partial charge in [0.2, 0.25) is 0 Å². The van der Waals surface area contributed by atoms with Crippen LogP contribution >= 0.6 is 11.6 Å². The van der Waals surface area contributed by atoms with Crippen molar-refractivity contribution >= 4 is 32.5 Å². The van der Waals surface area contributed by atoms with Crippen LogP contribution in [0.3, 0.4) is 0 Å². The van der Waals surface area contributed by atoms with E-state index in [1.54, 1.807) is 13.8 Å². The van der Waals surface area contributed by atoms with Crippen molar-refractivity contribution in [2.45, 2.75) is 37.0 Å². The van der Waals surface area contributed by atoms with Crippen LogP contribution in [-0.2, 0) is 22.4 Å². The van der Waals surface area contributed by atoms with E-state index in [-0.39, 0.29) is 33.2 Å². The number of fused-ring (bicyclic) bond motifs is 1. The van der Waals surface area contributed by atoms with E-state index in [1.165, 1.54) is 0 Å². The fourth-order valence-corrected chi connectivity index (χ4v) is 3.21. The average molecular weight is 382 g/mol. The topological polar surface area (TPSA) is 85.9 Å². The van der Waals surface area contributed by atoms with Crippen LogP contribution < -0.4 is 5.73 Å². The SMILES string of the molecule is CC(C)(N)Cc1nc2cc(C(F)(F)F)cc(Cl)c2nc1S(C)(=O)=O. The quantitative estimate of drug-likeness (QED) is 0.883. The van der Waals surface area contributed by atoms with Crippen LogP contribution in [0.2, 0.25) is 5.02 Å². The lowest BCUT2D eigenvalue weighted by Gasteiger charge is -2.19. The number of hydrogen-bond donors (Lipinski definition) is 1. The Morgan fingerprint density at radius 1 is 1.21 bits per heavy atom. The van der Waals surface area contributed by atoms with Gasteiger partial charge < -0.3 is 5.73 Å². The molecule has 1 aromatic carbocycles. The maximum absolute atomic E-state index is 12.9. The van der Waals surface area contributed by atoms with Gasteiger partial charge in [-0.05, 0) is 26.0 Å². The summed E-state index contributed by atoms with van der Waals surface area (Å²) in [6.45, 7) is 3.29. The number of halogens is 4. The van der Waals surface area contributed by atoms with Crippen molar-refractivity contribution in [3.05, 3.63) is 28.4 Å². The van der Waals surface area contributed by atoms with Gasteiger partial charge in [-0.2, -0.15) is 13.2 Å². The van der Waals surface area contributed by atoms with Gasteiger partial charge in [-0.25, -0.2) is 18.4 Å². The van der Waals surface area contributed by atoms with Crippen molar-refractivity contribution < 1.29 is 21.6 Å². The van der Waals surface area contributed by atoms with Gasteiger partial charge in [-0.15, -0.1) is 0 Å². The minimum atomic E-state index is -4.61. The van der Waals surface area contributed by atoms with E-state index in [2.05, 4.69) is 9.97 Å². The monoisotopic (exact) mass is 381 g/mol. The summed E-state index contributed by atoms with van der Waals surface area (Å²) >= 11 is 5.85. The molecule has 5 nitrogen and oxygen atoms in total. The molecule has 1 heterocycles. The van der Waals surface area contributed by atoms with E-state index in [4.69, 9.17) is 17.3 Å². The normalized spacial score (nSPS) is 13.5. The van der Waals surface area contributed by atoms with Crippen LogP contribution in [0, 0.1) is 0 Å². The number of sulfone groups is 1. The molecule has 132 valence electrons. The third-order valence-corrected chi connectivity index (χ3v) is 4.38. The Balaban J connectivity index is 2.83. The van der Waals surface area contributed by atoms with Crippen LogP contribution in [-0.4, -0.2) is 30.2 Å². The molecule has 0 saturated carbocycles. The largest absolute Gasteiger partial charge is 0.416 e. The Bertz CT molecular complexity index is 906.